The lowest BCUT2D eigenvalue weighted by atomic mass is 9.97. The molecule has 1 aromatic carbocycles. The van der Waals surface area contributed by atoms with Crippen LogP contribution in [-0.2, 0) is 32.0 Å². The van der Waals surface area contributed by atoms with Crippen molar-refractivity contribution in [3.63, 3.8) is 0 Å². The van der Waals surface area contributed by atoms with Gasteiger partial charge >= 0.3 is 0 Å². The largest absolute Gasteiger partial charge is 0.368 e. The van der Waals surface area contributed by atoms with Crippen LogP contribution in [0, 0.1) is 0 Å². The Morgan fingerprint density at radius 1 is 1.05 bits per heavy atom. The Morgan fingerprint density at radius 2 is 1.85 bits per heavy atom. The number of rotatable bonds is 0. The van der Waals surface area contributed by atoms with E-state index in [1.54, 1.807) is 0 Å². The van der Waals surface area contributed by atoms with E-state index in [2.05, 4.69) is 24.3 Å². The highest BCUT2D eigenvalue weighted by Crippen LogP contribution is 2.41. The molecule has 4 nitrogen and oxygen atoms in total. The van der Waals surface area contributed by atoms with Gasteiger partial charge in [-0.1, -0.05) is 24.3 Å². The van der Waals surface area contributed by atoms with E-state index in [0.717, 1.165) is 12.8 Å². The average molecular weight is 276 g/mol. The van der Waals surface area contributed by atoms with Gasteiger partial charge in [-0.25, -0.2) is 0 Å². The van der Waals surface area contributed by atoms with Crippen LogP contribution < -0.4 is 0 Å². The number of aryl methyl sites for hydroxylation is 1. The number of hydrogen-bond acceptors (Lipinski definition) is 4. The molecule has 0 aromatic heterocycles. The summed E-state index contributed by atoms with van der Waals surface area (Å²) in [5, 5.41) is 0. The molecule has 4 rings (SSSR count). The van der Waals surface area contributed by atoms with Crippen LogP contribution in [0.5, 0.6) is 0 Å². The van der Waals surface area contributed by atoms with Crippen LogP contribution in [0.3, 0.4) is 0 Å². The molecule has 0 bridgehead atoms. The van der Waals surface area contributed by atoms with Gasteiger partial charge < -0.3 is 18.9 Å². The van der Waals surface area contributed by atoms with Crippen molar-refractivity contribution < 1.29 is 18.9 Å². The Labute approximate surface area is 119 Å². The normalized spacial score (nSPS) is 38.5. The van der Waals surface area contributed by atoms with E-state index in [9.17, 15) is 0 Å². The highest BCUT2D eigenvalue weighted by atomic mass is 16.8. The van der Waals surface area contributed by atoms with Gasteiger partial charge in [-0.3, -0.25) is 0 Å². The second-order valence-corrected chi connectivity index (χ2v) is 6.23. The van der Waals surface area contributed by atoms with Gasteiger partial charge in [0.1, 0.15) is 12.2 Å². The first-order valence-electron chi connectivity index (χ1n) is 7.32. The zero-order valence-electron chi connectivity index (χ0n) is 11.9. The molecule has 1 aromatic rings. The standard InChI is InChI=1S/C16H20O4/c1-16(2)19-14-13-12(18-15(14)20-16)8-7-10-5-3-4-6-11(10)9-17-13/h3-6,12-15H,7-9H2,1-2H3/t12-,13+,14-,15-/m1/s1. The first-order valence-corrected chi connectivity index (χ1v) is 7.32. The van der Waals surface area contributed by atoms with E-state index in [-0.39, 0.29) is 24.6 Å². The molecular formula is C16H20O4. The average Bonchev–Trinajstić information content (AvgIpc) is 2.83. The smallest absolute Gasteiger partial charge is 0.190 e. The monoisotopic (exact) mass is 276 g/mol. The molecule has 4 atom stereocenters. The van der Waals surface area contributed by atoms with Crippen molar-refractivity contribution in [1.29, 1.82) is 0 Å². The Hall–Kier alpha value is -0.940. The maximum atomic E-state index is 6.11. The van der Waals surface area contributed by atoms with Crippen molar-refractivity contribution in [2.24, 2.45) is 0 Å². The summed E-state index contributed by atoms with van der Waals surface area (Å²) in [4.78, 5) is 0. The van der Waals surface area contributed by atoms with E-state index in [4.69, 9.17) is 18.9 Å². The van der Waals surface area contributed by atoms with E-state index in [1.165, 1.54) is 11.1 Å². The van der Waals surface area contributed by atoms with Crippen molar-refractivity contribution in [3.8, 4) is 0 Å². The van der Waals surface area contributed by atoms with Crippen molar-refractivity contribution in [1.82, 2.24) is 0 Å². The second-order valence-electron chi connectivity index (χ2n) is 6.23. The van der Waals surface area contributed by atoms with Gasteiger partial charge in [-0.15, -0.1) is 0 Å². The molecule has 20 heavy (non-hydrogen) atoms. The number of fused-ring (bicyclic) bond motifs is 4. The van der Waals surface area contributed by atoms with Gasteiger partial charge in [0.05, 0.1) is 12.7 Å². The Morgan fingerprint density at radius 3 is 2.70 bits per heavy atom. The predicted octanol–water partition coefficient (Wildman–Crippen LogP) is 2.39. The molecule has 4 heteroatoms. The summed E-state index contributed by atoms with van der Waals surface area (Å²) in [6, 6.07) is 8.45. The predicted molar refractivity (Wildman–Crippen MR) is 72.0 cm³/mol. The number of benzene rings is 1. The summed E-state index contributed by atoms with van der Waals surface area (Å²) in [6.45, 7) is 4.46. The van der Waals surface area contributed by atoms with Crippen molar-refractivity contribution in [2.75, 3.05) is 0 Å². The van der Waals surface area contributed by atoms with E-state index in [0.29, 0.717) is 6.61 Å². The molecule has 3 aliphatic rings. The third-order valence-electron chi connectivity index (χ3n) is 4.34. The van der Waals surface area contributed by atoms with Crippen LogP contribution in [0.25, 0.3) is 0 Å². The van der Waals surface area contributed by atoms with Gasteiger partial charge in [-0.05, 0) is 37.8 Å². The molecule has 3 aliphatic heterocycles. The Kier molecular flexibility index (Phi) is 2.89. The van der Waals surface area contributed by atoms with E-state index < -0.39 is 5.79 Å². The highest BCUT2D eigenvalue weighted by Gasteiger charge is 2.55. The molecule has 0 unspecified atom stereocenters. The third-order valence-corrected chi connectivity index (χ3v) is 4.34. The topological polar surface area (TPSA) is 36.9 Å². The first-order chi connectivity index (χ1) is 9.62. The van der Waals surface area contributed by atoms with Crippen LogP contribution in [0.15, 0.2) is 24.3 Å². The Bertz CT molecular complexity index is 513. The van der Waals surface area contributed by atoms with Crippen molar-refractivity contribution in [2.45, 2.75) is 63.7 Å². The van der Waals surface area contributed by atoms with Gasteiger partial charge in [0.25, 0.3) is 0 Å². The lowest BCUT2D eigenvalue weighted by Crippen LogP contribution is -2.37. The molecule has 0 spiro atoms. The Balaban J connectivity index is 1.57. The first kappa shape index (κ1) is 12.8. The SMILES string of the molecule is CC1(C)O[C@H]2O[C@@H]3CCc4ccccc4CO[C@@H]3[C@H]2O1. The fourth-order valence-electron chi connectivity index (χ4n) is 3.41. The van der Waals surface area contributed by atoms with Gasteiger partial charge in [0, 0.05) is 0 Å². The summed E-state index contributed by atoms with van der Waals surface area (Å²) >= 11 is 0. The van der Waals surface area contributed by atoms with Crippen LogP contribution in [0.2, 0.25) is 0 Å². The van der Waals surface area contributed by atoms with E-state index >= 15 is 0 Å². The van der Waals surface area contributed by atoms with E-state index in [1.807, 2.05) is 13.8 Å². The lowest BCUT2D eigenvalue weighted by molar-refractivity contribution is -0.220. The minimum Gasteiger partial charge on any atom is -0.368 e. The summed E-state index contributed by atoms with van der Waals surface area (Å²) in [7, 11) is 0. The molecule has 0 amide bonds. The quantitative estimate of drug-likeness (QED) is 0.729. The molecule has 108 valence electrons. The molecule has 0 saturated carbocycles. The molecule has 3 heterocycles. The van der Waals surface area contributed by atoms with Crippen molar-refractivity contribution in [3.05, 3.63) is 35.4 Å². The maximum Gasteiger partial charge on any atom is 0.190 e. The van der Waals surface area contributed by atoms with Crippen LogP contribution in [0.1, 0.15) is 31.4 Å². The second kappa shape index (κ2) is 4.53. The number of ether oxygens (including phenoxy) is 4. The fourth-order valence-corrected chi connectivity index (χ4v) is 3.41. The number of hydrogen-bond donors (Lipinski definition) is 0. The van der Waals surface area contributed by atoms with Gasteiger partial charge in [-0.2, -0.15) is 0 Å². The molecule has 0 N–H and O–H groups in total. The summed E-state index contributed by atoms with van der Waals surface area (Å²) in [5.41, 5.74) is 2.63. The molecule has 0 radical (unpaired) electrons. The summed E-state index contributed by atoms with van der Waals surface area (Å²) in [5.74, 6) is -0.579. The van der Waals surface area contributed by atoms with Crippen LogP contribution in [0.4, 0.5) is 0 Å². The molecule has 2 saturated heterocycles. The minimum absolute atomic E-state index is 0.0323. The van der Waals surface area contributed by atoms with Gasteiger partial charge in [0.2, 0.25) is 0 Å². The summed E-state index contributed by atoms with van der Waals surface area (Å²) < 4.78 is 23.9. The maximum absolute atomic E-state index is 6.11. The minimum atomic E-state index is -0.579. The molecule has 0 aliphatic carbocycles. The fraction of sp³-hybridized carbons (Fsp3) is 0.625. The summed E-state index contributed by atoms with van der Waals surface area (Å²) in [6.07, 6.45) is 1.59. The zero-order chi connectivity index (χ0) is 13.7. The molecule has 2 fully saturated rings. The zero-order valence-corrected chi connectivity index (χ0v) is 11.9. The lowest BCUT2D eigenvalue weighted by Gasteiger charge is -2.28. The van der Waals surface area contributed by atoms with Crippen LogP contribution >= 0.6 is 0 Å². The molecular weight excluding hydrogens is 256 g/mol. The van der Waals surface area contributed by atoms with Crippen molar-refractivity contribution >= 4 is 0 Å². The highest BCUT2D eigenvalue weighted by molar-refractivity contribution is 5.27. The third kappa shape index (κ3) is 2.07. The van der Waals surface area contributed by atoms with Crippen LogP contribution in [-0.4, -0.2) is 30.4 Å². The van der Waals surface area contributed by atoms with Gasteiger partial charge in [0.15, 0.2) is 12.1 Å².